The first-order valence-corrected chi connectivity index (χ1v) is 8.08. The van der Waals surface area contributed by atoms with E-state index in [1.165, 1.54) is 5.56 Å². The Morgan fingerprint density at radius 3 is 2.39 bits per heavy atom. The molecule has 0 aliphatic carbocycles. The maximum atomic E-state index is 12.9. The summed E-state index contributed by atoms with van der Waals surface area (Å²) in [6.07, 6.45) is 1.72. The normalized spacial score (nSPS) is 10.9. The number of H-pyrrole nitrogens is 1. The first kappa shape index (κ1) is 15.3. The zero-order valence-corrected chi connectivity index (χ0v) is 13.9. The van der Waals surface area contributed by atoms with E-state index in [-0.39, 0.29) is 5.56 Å². The molecule has 0 aliphatic heterocycles. The molecule has 0 unspecified atom stereocenters. The van der Waals surface area contributed by atoms with Crippen molar-refractivity contribution < 1.29 is 0 Å². The molecule has 0 saturated carbocycles. The van der Waals surface area contributed by atoms with Crippen molar-refractivity contribution in [3.8, 4) is 16.9 Å². The average molecular weight is 306 g/mol. The summed E-state index contributed by atoms with van der Waals surface area (Å²) in [5, 5.41) is 3.32. The average Bonchev–Trinajstić information content (AvgIpc) is 2.86. The van der Waals surface area contributed by atoms with Gasteiger partial charge in [-0.1, -0.05) is 55.3 Å². The van der Waals surface area contributed by atoms with Crippen LogP contribution >= 0.6 is 0 Å². The highest BCUT2D eigenvalue weighted by Gasteiger charge is 2.16. The second-order valence-electron chi connectivity index (χ2n) is 6.06. The van der Waals surface area contributed by atoms with Crippen molar-refractivity contribution in [2.75, 3.05) is 0 Å². The lowest BCUT2D eigenvalue weighted by Crippen LogP contribution is -2.17. The van der Waals surface area contributed by atoms with Crippen molar-refractivity contribution in [2.45, 2.75) is 33.6 Å². The zero-order chi connectivity index (χ0) is 16.4. The molecule has 1 aromatic heterocycles. The van der Waals surface area contributed by atoms with E-state index >= 15 is 0 Å². The van der Waals surface area contributed by atoms with Gasteiger partial charge >= 0.3 is 0 Å². The molecule has 0 atom stereocenters. The lowest BCUT2D eigenvalue weighted by Gasteiger charge is -2.04. The molecule has 0 bridgehead atoms. The number of aryl methyl sites for hydroxylation is 2. The topological polar surface area (TPSA) is 37.8 Å². The maximum absolute atomic E-state index is 12.9. The number of aromatic nitrogens is 2. The van der Waals surface area contributed by atoms with Crippen LogP contribution < -0.4 is 5.56 Å². The van der Waals surface area contributed by atoms with Gasteiger partial charge in [0.1, 0.15) is 0 Å². The number of nitrogens with zero attached hydrogens (tertiary/aromatic N) is 1. The second-order valence-corrected chi connectivity index (χ2v) is 6.06. The van der Waals surface area contributed by atoms with Crippen LogP contribution in [0.5, 0.6) is 0 Å². The Morgan fingerprint density at radius 1 is 1.00 bits per heavy atom. The SMILES string of the molecule is CCCc1c(-c2ccc(C)cc2)[nH]n(-c2cccc(C)c2)c1=O. The number of hydrogen-bond donors (Lipinski definition) is 1. The predicted octanol–water partition coefficient (Wildman–Crippen LogP) is 4.40. The Balaban J connectivity index is 2.18. The van der Waals surface area contributed by atoms with Gasteiger partial charge in [-0.2, -0.15) is 0 Å². The van der Waals surface area contributed by atoms with Crippen LogP contribution in [0.1, 0.15) is 30.0 Å². The van der Waals surface area contributed by atoms with Gasteiger partial charge in [-0.15, -0.1) is 0 Å². The second kappa shape index (κ2) is 6.29. The van der Waals surface area contributed by atoms with Crippen molar-refractivity contribution in [3.05, 3.63) is 75.6 Å². The van der Waals surface area contributed by atoms with Gasteiger partial charge in [-0.05, 0) is 43.5 Å². The highest BCUT2D eigenvalue weighted by molar-refractivity contribution is 5.63. The van der Waals surface area contributed by atoms with Gasteiger partial charge in [-0.3, -0.25) is 9.89 Å². The Labute approximate surface area is 136 Å². The highest BCUT2D eigenvalue weighted by Crippen LogP contribution is 2.22. The minimum Gasteiger partial charge on any atom is -0.290 e. The van der Waals surface area contributed by atoms with Crippen LogP contribution in [0.25, 0.3) is 16.9 Å². The fourth-order valence-electron chi connectivity index (χ4n) is 2.86. The highest BCUT2D eigenvalue weighted by atomic mass is 16.1. The van der Waals surface area contributed by atoms with Crippen LogP contribution in [0.4, 0.5) is 0 Å². The number of hydrogen-bond acceptors (Lipinski definition) is 1. The van der Waals surface area contributed by atoms with Gasteiger partial charge in [0.05, 0.1) is 11.4 Å². The van der Waals surface area contributed by atoms with Crippen LogP contribution in [0.2, 0.25) is 0 Å². The summed E-state index contributed by atoms with van der Waals surface area (Å²) in [5.41, 5.74) is 6.13. The predicted molar refractivity (Wildman–Crippen MR) is 95.3 cm³/mol. The number of nitrogens with one attached hydrogen (secondary N) is 1. The Bertz CT molecular complexity index is 869. The van der Waals surface area contributed by atoms with E-state index in [1.807, 2.05) is 31.2 Å². The lowest BCUT2D eigenvalue weighted by atomic mass is 10.0. The third-order valence-electron chi connectivity index (χ3n) is 4.09. The van der Waals surface area contributed by atoms with Crippen LogP contribution in [0, 0.1) is 13.8 Å². The van der Waals surface area contributed by atoms with Gasteiger partial charge in [0.25, 0.3) is 5.56 Å². The first-order valence-electron chi connectivity index (χ1n) is 8.08. The van der Waals surface area contributed by atoms with Gasteiger partial charge in [0, 0.05) is 5.56 Å². The molecule has 1 N–H and O–H groups in total. The quantitative estimate of drug-likeness (QED) is 0.762. The van der Waals surface area contributed by atoms with Crippen molar-refractivity contribution in [1.82, 2.24) is 9.78 Å². The monoisotopic (exact) mass is 306 g/mol. The molecule has 0 aliphatic rings. The summed E-state index contributed by atoms with van der Waals surface area (Å²) >= 11 is 0. The molecule has 0 amide bonds. The third kappa shape index (κ3) is 3.00. The molecule has 0 saturated heterocycles. The van der Waals surface area contributed by atoms with Gasteiger partial charge in [-0.25, -0.2) is 4.68 Å². The smallest absolute Gasteiger partial charge is 0.275 e. The van der Waals surface area contributed by atoms with Crippen molar-refractivity contribution in [3.63, 3.8) is 0 Å². The van der Waals surface area contributed by atoms with E-state index in [2.05, 4.69) is 43.2 Å². The van der Waals surface area contributed by atoms with Gasteiger partial charge < -0.3 is 0 Å². The van der Waals surface area contributed by atoms with Crippen molar-refractivity contribution in [2.24, 2.45) is 0 Å². The molecule has 3 aromatic rings. The van der Waals surface area contributed by atoms with E-state index in [9.17, 15) is 4.79 Å². The van der Waals surface area contributed by atoms with E-state index in [0.29, 0.717) is 0 Å². The molecule has 3 heteroatoms. The maximum Gasteiger partial charge on any atom is 0.275 e. The number of rotatable bonds is 4. The van der Waals surface area contributed by atoms with E-state index < -0.39 is 0 Å². The fraction of sp³-hybridized carbons (Fsp3) is 0.250. The van der Waals surface area contributed by atoms with Crippen LogP contribution in [0.3, 0.4) is 0 Å². The Kier molecular flexibility index (Phi) is 4.20. The minimum absolute atomic E-state index is 0.0491. The minimum atomic E-state index is 0.0491. The lowest BCUT2D eigenvalue weighted by molar-refractivity contribution is 0.841. The molecule has 3 nitrogen and oxygen atoms in total. The molecular weight excluding hydrogens is 284 g/mol. The Morgan fingerprint density at radius 2 is 1.74 bits per heavy atom. The molecule has 1 heterocycles. The van der Waals surface area contributed by atoms with Crippen LogP contribution in [-0.4, -0.2) is 9.78 Å². The standard InChI is InChI=1S/C20H22N2O/c1-4-6-18-19(16-11-9-14(2)10-12-16)21-22(20(18)23)17-8-5-7-15(3)13-17/h5,7-13,21H,4,6H2,1-3H3. The van der Waals surface area contributed by atoms with E-state index in [4.69, 9.17) is 0 Å². The summed E-state index contributed by atoms with van der Waals surface area (Å²) in [7, 11) is 0. The molecule has 23 heavy (non-hydrogen) atoms. The van der Waals surface area contributed by atoms with E-state index in [1.54, 1.807) is 4.68 Å². The fourth-order valence-corrected chi connectivity index (χ4v) is 2.86. The van der Waals surface area contributed by atoms with Crippen LogP contribution in [0.15, 0.2) is 53.3 Å². The number of aromatic amines is 1. The molecule has 3 rings (SSSR count). The molecular formula is C20H22N2O. The van der Waals surface area contributed by atoms with Gasteiger partial charge in [0.2, 0.25) is 0 Å². The van der Waals surface area contributed by atoms with Crippen molar-refractivity contribution in [1.29, 1.82) is 0 Å². The first-order chi connectivity index (χ1) is 11.1. The molecule has 0 fully saturated rings. The number of benzene rings is 2. The molecule has 0 radical (unpaired) electrons. The largest absolute Gasteiger partial charge is 0.290 e. The van der Waals surface area contributed by atoms with E-state index in [0.717, 1.165) is 40.9 Å². The van der Waals surface area contributed by atoms with Crippen molar-refractivity contribution >= 4 is 0 Å². The molecule has 2 aromatic carbocycles. The summed E-state index contributed by atoms with van der Waals surface area (Å²) in [4.78, 5) is 12.9. The molecule has 0 spiro atoms. The molecule has 118 valence electrons. The van der Waals surface area contributed by atoms with Gasteiger partial charge in [0.15, 0.2) is 0 Å². The summed E-state index contributed by atoms with van der Waals surface area (Å²) in [5.74, 6) is 0. The zero-order valence-electron chi connectivity index (χ0n) is 13.9. The Hall–Kier alpha value is -2.55. The summed E-state index contributed by atoms with van der Waals surface area (Å²) in [6.45, 7) is 6.20. The summed E-state index contributed by atoms with van der Waals surface area (Å²) in [6, 6.07) is 16.3. The van der Waals surface area contributed by atoms with Crippen LogP contribution in [-0.2, 0) is 6.42 Å². The summed E-state index contributed by atoms with van der Waals surface area (Å²) < 4.78 is 1.66. The third-order valence-corrected chi connectivity index (χ3v) is 4.09.